The number of para-hydroxylation sites is 1. The number of anilines is 1. The van der Waals surface area contributed by atoms with E-state index in [1.807, 2.05) is 32.9 Å². The number of hydrogen-bond acceptors (Lipinski definition) is 5. The maximum atomic E-state index is 12.4. The quantitative estimate of drug-likeness (QED) is 0.525. The van der Waals surface area contributed by atoms with Gasteiger partial charge in [0, 0.05) is 11.3 Å². The van der Waals surface area contributed by atoms with E-state index in [-0.39, 0.29) is 11.7 Å². The number of nitrogens with one attached hydrogen (secondary N) is 2. The van der Waals surface area contributed by atoms with E-state index in [1.54, 1.807) is 18.2 Å². The number of carbonyl (C=O) groups excluding carboxylic acids is 1. The van der Waals surface area contributed by atoms with Gasteiger partial charge in [-0.25, -0.2) is 5.43 Å². The molecule has 1 atom stereocenters. The van der Waals surface area contributed by atoms with Crippen LogP contribution in [0.2, 0.25) is 0 Å². The minimum Gasteiger partial charge on any atom is -0.504 e. The lowest BCUT2D eigenvalue weighted by Gasteiger charge is -2.18. The summed E-state index contributed by atoms with van der Waals surface area (Å²) in [5.74, 6) is 0.0859. The Balaban J connectivity index is 2.03. The summed E-state index contributed by atoms with van der Waals surface area (Å²) in [6.45, 7) is 5.96. The summed E-state index contributed by atoms with van der Waals surface area (Å²) in [5, 5.41) is 17.2. The Morgan fingerprint density at radius 2 is 2.08 bits per heavy atom. The van der Waals surface area contributed by atoms with Crippen molar-refractivity contribution < 1.29 is 14.6 Å². The molecule has 3 N–H and O–H groups in total. The standard InChI is InChI=1S/C20H25N3O3/c1-5-16(22-17-10-9-13(2)11-14(17)3)20(25)23-21-12-15-7-6-8-18(26-4)19(15)24/h6-12,16,22,24H,5H2,1-4H3,(H,23,25)/b21-12-/t16-/m1/s1. The van der Waals surface area contributed by atoms with Gasteiger partial charge in [-0.05, 0) is 44.0 Å². The minimum absolute atomic E-state index is 0.0200. The molecule has 2 aromatic rings. The molecule has 2 aromatic carbocycles. The van der Waals surface area contributed by atoms with Crippen LogP contribution < -0.4 is 15.5 Å². The maximum Gasteiger partial charge on any atom is 0.262 e. The second-order valence-corrected chi connectivity index (χ2v) is 6.06. The third-order valence-electron chi connectivity index (χ3n) is 4.06. The predicted octanol–water partition coefficient (Wildman–Crippen LogP) is 3.36. The average Bonchev–Trinajstić information content (AvgIpc) is 2.62. The average molecular weight is 355 g/mol. The molecule has 0 aliphatic carbocycles. The van der Waals surface area contributed by atoms with Gasteiger partial charge in [0.05, 0.1) is 13.3 Å². The lowest BCUT2D eigenvalue weighted by molar-refractivity contribution is -0.121. The van der Waals surface area contributed by atoms with Gasteiger partial charge in [-0.3, -0.25) is 4.79 Å². The number of phenols is 1. The van der Waals surface area contributed by atoms with Crippen LogP contribution in [0, 0.1) is 13.8 Å². The molecular formula is C20H25N3O3. The van der Waals surface area contributed by atoms with Gasteiger partial charge < -0.3 is 15.2 Å². The van der Waals surface area contributed by atoms with E-state index in [2.05, 4.69) is 21.9 Å². The van der Waals surface area contributed by atoms with E-state index in [0.29, 0.717) is 17.7 Å². The molecule has 26 heavy (non-hydrogen) atoms. The number of methoxy groups -OCH3 is 1. The molecule has 0 radical (unpaired) electrons. The highest BCUT2D eigenvalue weighted by Gasteiger charge is 2.16. The first-order valence-corrected chi connectivity index (χ1v) is 8.49. The number of nitrogens with zero attached hydrogens (tertiary/aromatic N) is 1. The van der Waals surface area contributed by atoms with Crippen LogP contribution >= 0.6 is 0 Å². The third-order valence-corrected chi connectivity index (χ3v) is 4.06. The van der Waals surface area contributed by atoms with Gasteiger partial charge in [-0.15, -0.1) is 0 Å². The lowest BCUT2D eigenvalue weighted by atomic mass is 10.1. The van der Waals surface area contributed by atoms with Crippen LogP contribution in [-0.2, 0) is 4.79 Å². The van der Waals surface area contributed by atoms with Crippen molar-refractivity contribution in [1.29, 1.82) is 0 Å². The SMILES string of the molecule is CC[C@@H](Nc1ccc(C)cc1C)C(=O)N/N=C\c1cccc(OC)c1O. The zero-order valence-electron chi connectivity index (χ0n) is 15.5. The summed E-state index contributed by atoms with van der Waals surface area (Å²) in [6.07, 6.45) is 2.00. The molecular weight excluding hydrogens is 330 g/mol. The van der Waals surface area contributed by atoms with Crippen molar-refractivity contribution in [3.63, 3.8) is 0 Å². The van der Waals surface area contributed by atoms with E-state index in [1.165, 1.54) is 18.9 Å². The zero-order valence-corrected chi connectivity index (χ0v) is 15.5. The number of ether oxygens (including phenoxy) is 1. The van der Waals surface area contributed by atoms with Gasteiger partial charge >= 0.3 is 0 Å². The monoisotopic (exact) mass is 355 g/mol. The first kappa shape index (κ1) is 19.3. The number of hydrogen-bond donors (Lipinski definition) is 3. The van der Waals surface area contributed by atoms with E-state index >= 15 is 0 Å². The predicted molar refractivity (Wildman–Crippen MR) is 104 cm³/mol. The van der Waals surface area contributed by atoms with Crippen LogP contribution in [0.25, 0.3) is 0 Å². The van der Waals surface area contributed by atoms with Gasteiger partial charge in [0.2, 0.25) is 0 Å². The highest BCUT2D eigenvalue weighted by Crippen LogP contribution is 2.27. The van der Waals surface area contributed by atoms with E-state index in [9.17, 15) is 9.90 Å². The Hall–Kier alpha value is -3.02. The highest BCUT2D eigenvalue weighted by molar-refractivity contribution is 5.88. The van der Waals surface area contributed by atoms with Crippen molar-refractivity contribution in [1.82, 2.24) is 5.43 Å². The van der Waals surface area contributed by atoms with Crippen molar-refractivity contribution in [2.24, 2.45) is 5.10 Å². The second-order valence-electron chi connectivity index (χ2n) is 6.06. The molecule has 0 bridgehead atoms. The van der Waals surface area contributed by atoms with Gasteiger partial charge in [-0.2, -0.15) is 5.10 Å². The van der Waals surface area contributed by atoms with Gasteiger partial charge in [0.15, 0.2) is 11.5 Å². The first-order valence-electron chi connectivity index (χ1n) is 8.49. The Morgan fingerprint density at radius 3 is 2.73 bits per heavy atom. The minimum atomic E-state index is -0.410. The number of benzene rings is 2. The van der Waals surface area contributed by atoms with Crippen LogP contribution in [0.15, 0.2) is 41.5 Å². The van der Waals surface area contributed by atoms with Crippen molar-refractivity contribution in [3.05, 3.63) is 53.1 Å². The number of carbonyl (C=O) groups is 1. The molecule has 138 valence electrons. The Labute approximate surface area is 153 Å². The fraction of sp³-hybridized carbons (Fsp3) is 0.300. The van der Waals surface area contributed by atoms with Crippen molar-refractivity contribution in [2.75, 3.05) is 12.4 Å². The van der Waals surface area contributed by atoms with Gasteiger partial charge in [-0.1, -0.05) is 30.7 Å². The Kier molecular flexibility index (Phi) is 6.60. The molecule has 2 rings (SSSR count). The molecule has 0 spiro atoms. The largest absolute Gasteiger partial charge is 0.504 e. The first-order chi connectivity index (χ1) is 12.5. The maximum absolute atomic E-state index is 12.4. The smallest absolute Gasteiger partial charge is 0.262 e. The fourth-order valence-electron chi connectivity index (χ4n) is 2.57. The molecule has 0 aliphatic heterocycles. The molecule has 0 fully saturated rings. The molecule has 0 saturated heterocycles. The van der Waals surface area contributed by atoms with Crippen molar-refractivity contribution in [2.45, 2.75) is 33.2 Å². The molecule has 0 heterocycles. The molecule has 0 aliphatic rings. The number of phenolic OH excluding ortho intramolecular Hbond substituents is 1. The highest BCUT2D eigenvalue weighted by atomic mass is 16.5. The summed E-state index contributed by atoms with van der Waals surface area (Å²) in [7, 11) is 1.47. The normalized spacial score (nSPS) is 12.0. The number of amides is 1. The summed E-state index contributed by atoms with van der Waals surface area (Å²) in [5.41, 5.74) is 6.15. The van der Waals surface area contributed by atoms with Crippen molar-refractivity contribution >= 4 is 17.8 Å². The van der Waals surface area contributed by atoms with Gasteiger partial charge in [0.25, 0.3) is 5.91 Å². The molecule has 6 nitrogen and oxygen atoms in total. The summed E-state index contributed by atoms with van der Waals surface area (Å²) < 4.78 is 5.05. The van der Waals surface area contributed by atoms with E-state index in [0.717, 1.165) is 11.3 Å². The van der Waals surface area contributed by atoms with Gasteiger partial charge in [0.1, 0.15) is 6.04 Å². The molecule has 6 heteroatoms. The molecule has 0 unspecified atom stereocenters. The Bertz CT molecular complexity index is 803. The van der Waals surface area contributed by atoms with Crippen molar-refractivity contribution in [3.8, 4) is 11.5 Å². The fourth-order valence-corrected chi connectivity index (χ4v) is 2.57. The van der Waals surface area contributed by atoms with Crippen LogP contribution in [0.4, 0.5) is 5.69 Å². The number of hydrazone groups is 1. The second kappa shape index (κ2) is 8.89. The summed E-state index contributed by atoms with van der Waals surface area (Å²) in [4.78, 5) is 12.4. The number of rotatable bonds is 7. The lowest BCUT2D eigenvalue weighted by Crippen LogP contribution is -2.37. The van der Waals surface area contributed by atoms with E-state index in [4.69, 9.17) is 4.74 Å². The Morgan fingerprint density at radius 1 is 1.31 bits per heavy atom. The summed E-state index contributed by atoms with van der Waals surface area (Å²) >= 11 is 0. The van der Waals surface area contributed by atoms with Crippen LogP contribution in [-0.4, -0.2) is 30.4 Å². The zero-order chi connectivity index (χ0) is 19.1. The molecule has 1 amide bonds. The molecule has 0 aromatic heterocycles. The molecule has 0 saturated carbocycles. The van der Waals surface area contributed by atoms with Crippen LogP contribution in [0.3, 0.4) is 0 Å². The van der Waals surface area contributed by atoms with E-state index < -0.39 is 6.04 Å². The van der Waals surface area contributed by atoms with Crippen LogP contribution in [0.1, 0.15) is 30.0 Å². The number of aryl methyl sites for hydroxylation is 2. The number of aromatic hydroxyl groups is 1. The topological polar surface area (TPSA) is 83.0 Å². The third kappa shape index (κ3) is 4.75. The summed E-state index contributed by atoms with van der Waals surface area (Å²) in [6, 6.07) is 10.7. The van der Waals surface area contributed by atoms with Crippen LogP contribution in [0.5, 0.6) is 11.5 Å².